The third kappa shape index (κ3) is 5.50. The first kappa shape index (κ1) is 19.9. The minimum atomic E-state index is -1.34. The van der Waals surface area contributed by atoms with E-state index in [4.69, 9.17) is 4.74 Å². The summed E-state index contributed by atoms with van der Waals surface area (Å²) >= 11 is 0. The van der Waals surface area contributed by atoms with Crippen LogP contribution in [-0.2, 0) is 16.5 Å². The molecule has 1 aromatic rings. The van der Waals surface area contributed by atoms with Crippen molar-refractivity contribution in [1.82, 2.24) is 15.1 Å². The molecule has 0 aliphatic heterocycles. The Balaban J connectivity index is 2.62. The molecule has 9 nitrogen and oxygen atoms in total. The smallest absolute Gasteiger partial charge is 0.407 e. The second-order valence-electron chi connectivity index (χ2n) is 6.29. The Morgan fingerprint density at radius 1 is 1.38 bits per heavy atom. The zero-order valence-corrected chi connectivity index (χ0v) is 14.6. The molecule has 1 aromatic heterocycles. The summed E-state index contributed by atoms with van der Waals surface area (Å²) in [7, 11) is 2.74. The summed E-state index contributed by atoms with van der Waals surface area (Å²) in [5.74, 6) is -0.664. The number of aryl methyl sites for hydroxylation is 1. The summed E-state index contributed by atoms with van der Waals surface area (Å²) in [6.45, 7) is 5.31. The largest absolute Gasteiger partial charge is 0.464 e. The van der Waals surface area contributed by atoms with Crippen molar-refractivity contribution >= 4 is 12.1 Å². The number of esters is 1. The van der Waals surface area contributed by atoms with E-state index >= 15 is 0 Å². The van der Waals surface area contributed by atoms with Crippen LogP contribution in [0.4, 0.5) is 4.79 Å². The molecule has 136 valence electrons. The Morgan fingerprint density at radius 3 is 2.54 bits per heavy atom. The molecule has 0 aliphatic carbocycles. The van der Waals surface area contributed by atoms with E-state index in [2.05, 4.69) is 15.2 Å². The van der Waals surface area contributed by atoms with Gasteiger partial charge in [0.05, 0.1) is 19.4 Å². The number of methoxy groups -OCH3 is 1. The Bertz CT molecular complexity index is 578. The van der Waals surface area contributed by atoms with Gasteiger partial charge in [0.25, 0.3) is 0 Å². The summed E-state index contributed by atoms with van der Waals surface area (Å²) in [4.78, 5) is 23.2. The number of alkyl carbamates (subject to hydrolysis) is 1. The van der Waals surface area contributed by atoms with E-state index in [1.54, 1.807) is 20.8 Å². The van der Waals surface area contributed by atoms with Crippen LogP contribution < -0.4 is 5.32 Å². The van der Waals surface area contributed by atoms with Gasteiger partial charge in [-0.1, -0.05) is 0 Å². The highest BCUT2D eigenvalue weighted by atomic mass is 16.6. The van der Waals surface area contributed by atoms with Crippen molar-refractivity contribution in [2.24, 2.45) is 7.05 Å². The molecule has 1 rings (SSSR count). The van der Waals surface area contributed by atoms with Gasteiger partial charge in [0.2, 0.25) is 0 Å². The Kier molecular flexibility index (Phi) is 6.73. The van der Waals surface area contributed by atoms with Crippen LogP contribution in [0.1, 0.15) is 49.3 Å². The molecule has 1 heterocycles. The van der Waals surface area contributed by atoms with Crippen LogP contribution in [0.2, 0.25) is 0 Å². The first-order valence-corrected chi connectivity index (χ1v) is 7.50. The average molecular weight is 343 g/mol. The minimum Gasteiger partial charge on any atom is -0.464 e. The van der Waals surface area contributed by atoms with Crippen molar-refractivity contribution in [3.05, 3.63) is 17.5 Å². The molecule has 1 amide bonds. The lowest BCUT2D eigenvalue weighted by molar-refractivity contribution is 0.0112. The van der Waals surface area contributed by atoms with Gasteiger partial charge in [-0.3, -0.25) is 4.68 Å². The number of nitrogens with zero attached hydrogens (tertiary/aromatic N) is 2. The molecule has 2 atom stereocenters. The molecule has 0 aliphatic rings. The summed E-state index contributed by atoms with van der Waals surface area (Å²) in [6.07, 6.45) is -1.79. The highest BCUT2D eigenvalue weighted by Gasteiger charge is 2.27. The zero-order valence-electron chi connectivity index (χ0n) is 14.6. The van der Waals surface area contributed by atoms with Crippen molar-refractivity contribution in [3.63, 3.8) is 0 Å². The Labute approximate surface area is 140 Å². The number of amides is 1. The van der Waals surface area contributed by atoms with E-state index in [0.717, 1.165) is 0 Å². The van der Waals surface area contributed by atoms with Gasteiger partial charge in [-0.25, -0.2) is 9.59 Å². The van der Waals surface area contributed by atoms with E-state index in [0.29, 0.717) is 0 Å². The highest BCUT2D eigenvalue weighted by molar-refractivity contribution is 5.89. The standard InChI is InChI=1S/C15H25N3O6/c1-15(2,3)24-14(22)16-7-6-10(19)12(20)9-8-17-18(4)11(9)13(21)23-5/h8,10,12,19-20H,6-7H2,1-5H3,(H,16,22). The summed E-state index contributed by atoms with van der Waals surface area (Å²) in [5, 5.41) is 26.7. The van der Waals surface area contributed by atoms with Crippen LogP contribution >= 0.6 is 0 Å². The number of rotatable bonds is 6. The number of aromatic nitrogens is 2. The number of aliphatic hydroxyl groups excluding tert-OH is 2. The maximum atomic E-state index is 11.7. The van der Waals surface area contributed by atoms with Gasteiger partial charge < -0.3 is 25.0 Å². The average Bonchev–Trinajstić information content (AvgIpc) is 2.85. The monoisotopic (exact) mass is 343 g/mol. The molecule has 0 spiro atoms. The normalized spacial score (nSPS) is 14.0. The van der Waals surface area contributed by atoms with Gasteiger partial charge in [-0.15, -0.1) is 0 Å². The number of carbonyl (C=O) groups excluding carboxylic acids is 2. The number of aliphatic hydroxyl groups is 2. The van der Waals surface area contributed by atoms with Crippen molar-refractivity contribution in [3.8, 4) is 0 Å². The number of carbonyl (C=O) groups is 2. The van der Waals surface area contributed by atoms with Gasteiger partial charge in [0.1, 0.15) is 11.7 Å². The van der Waals surface area contributed by atoms with Crippen molar-refractivity contribution in [1.29, 1.82) is 0 Å². The maximum absolute atomic E-state index is 11.7. The van der Waals surface area contributed by atoms with Crippen LogP contribution in [0.5, 0.6) is 0 Å². The summed E-state index contributed by atoms with van der Waals surface area (Å²) in [6, 6.07) is 0. The number of hydrogen-bond acceptors (Lipinski definition) is 7. The molecule has 0 fully saturated rings. The first-order valence-electron chi connectivity index (χ1n) is 7.50. The van der Waals surface area contributed by atoms with Crippen molar-refractivity contribution in [2.45, 2.75) is 45.0 Å². The lowest BCUT2D eigenvalue weighted by Crippen LogP contribution is -2.34. The molecule has 0 aromatic carbocycles. The predicted octanol–water partition coefficient (Wildman–Crippen LogP) is 0.516. The first-order chi connectivity index (χ1) is 11.1. The fraction of sp³-hybridized carbons (Fsp3) is 0.667. The molecular weight excluding hydrogens is 318 g/mol. The molecule has 9 heteroatoms. The van der Waals surface area contributed by atoms with E-state index in [1.807, 2.05) is 0 Å². The third-order valence-electron chi connectivity index (χ3n) is 3.14. The maximum Gasteiger partial charge on any atom is 0.407 e. The van der Waals surface area contributed by atoms with Crippen LogP contribution in [0, 0.1) is 0 Å². The summed E-state index contributed by atoms with van der Waals surface area (Å²) < 4.78 is 11.0. The van der Waals surface area contributed by atoms with Gasteiger partial charge in [-0.05, 0) is 27.2 Å². The number of nitrogens with one attached hydrogen (secondary N) is 1. The van der Waals surface area contributed by atoms with Crippen molar-refractivity contribution in [2.75, 3.05) is 13.7 Å². The number of ether oxygens (including phenoxy) is 2. The molecule has 0 radical (unpaired) electrons. The molecule has 0 saturated carbocycles. The Hall–Kier alpha value is -2.13. The van der Waals surface area contributed by atoms with Crippen LogP contribution in [-0.4, -0.2) is 57.4 Å². The van der Waals surface area contributed by atoms with Gasteiger partial charge in [-0.2, -0.15) is 5.10 Å². The predicted molar refractivity (Wildman–Crippen MR) is 84.4 cm³/mol. The molecule has 24 heavy (non-hydrogen) atoms. The van der Waals surface area contributed by atoms with E-state index < -0.39 is 29.9 Å². The second kappa shape index (κ2) is 8.11. The molecule has 0 saturated heterocycles. The van der Waals surface area contributed by atoms with Crippen LogP contribution in [0.15, 0.2) is 6.20 Å². The van der Waals surface area contributed by atoms with Crippen LogP contribution in [0.25, 0.3) is 0 Å². The summed E-state index contributed by atoms with van der Waals surface area (Å²) in [5.41, 5.74) is -0.397. The van der Waals surface area contributed by atoms with Crippen molar-refractivity contribution < 1.29 is 29.3 Å². The number of hydrogen-bond donors (Lipinski definition) is 3. The third-order valence-corrected chi connectivity index (χ3v) is 3.14. The van der Waals surface area contributed by atoms with Crippen LogP contribution in [0.3, 0.4) is 0 Å². The van der Waals surface area contributed by atoms with Gasteiger partial charge in [0, 0.05) is 19.2 Å². The van der Waals surface area contributed by atoms with E-state index in [1.165, 1.54) is 25.0 Å². The SMILES string of the molecule is COC(=O)c1c(C(O)C(O)CCNC(=O)OC(C)(C)C)cnn1C. The Morgan fingerprint density at radius 2 is 2.00 bits per heavy atom. The molecule has 3 N–H and O–H groups in total. The minimum absolute atomic E-state index is 0.0594. The lowest BCUT2D eigenvalue weighted by atomic mass is 10.0. The molecule has 0 bridgehead atoms. The molecular formula is C15H25N3O6. The van der Waals surface area contributed by atoms with E-state index in [9.17, 15) is 19.8 Å². The topological polar surface area (TPSA) is 123 Å². The zero-order chi connectivity index (χ0) is 18.5. The quantitative estimate of drug-likeness (QED) is 0.643. The fourth-order valence-electron chi connectivity index (χ4n) is 2.02. The fourth-order valence-corrected chi connectivity index (χ4v) is 2.02. The lowest BCUT2D eigenvalue weighted by Gasteiger charge is -2.21. The van der Waals surface area contributed by atoms with Gasteiger partial charge >= 0.3 is 12.1 Å². The molecule has 2 unspecified atom stereocenters. The van der Waals surface area contributed by atoms with E-state index in [-0.39, 0.29) is 24.2 Å². The highest BCUT2D eigenvalue weighted by Crippen LogP contribution is 2.22. The van der Waals surface area contributed by atoms with Gasteiger partial charge in [0.15, 0.2) is 5.69 Å². The second-order valence-corrected chi connectivity index (χ2v) is 6.29.